The molecule has 5 nitrogen and oxygen atoms in total. The number of carbonyl (C=O) groups excluding carboxylic acids is 2. The molecule has 0 spiro atoms. The molecule has 4 N–H and O–H groups in total. The van der Waals surface area contributed by atoms with Crippen LogP contribution in [0.15, 0.2) is 24.3 Å². The van der Waals surface area contributed by atoms with Crippen molar-refractivity contribution in [3.63, 3.8) is 0 Å². The zero-order valence-corrected chi connectivity index (χ0v) is 15.0. The van der Waals surface area contributed by atoms with Gasteiger partial charge in [-0.25, -0.2) is 4.79 Å². The maximum atomic E-state index is 12.3. The minimum Gasteiger partial charge on any atom is -0.365 e. The molecule has 2 bridgehead atoms. The second kappa shape index (κ2) is 6.35. The van der Waals surface area contributed by atoms with Crippen LogP contribution in [0.2, 0.25) is 5.02 Å². The van der Waals surface area contributed by atoms with Crippen LogP contribution in [0.4, 0.5) is 15.5 Å². The minimum atomic E-state index is -0.468. The molecule has 4 rings (SSSR count). The highest BCUT2D eigenvalue weighted by Crippen LogP contribution is 2.52. The van der Waals surface area contributed by atoms with E-state index in [0.717, 1.165) is 24.8 Å². The van der Waals surface area contributed by atoms with E-state index in [-0.39, 0.29) is 0 Å². The maximum absolute atomic E-state index is 12.3. The summed E-state index contributed by atoms with van der Waals surface area (Å²) in [5.74, 6) is 0.639. The van der Waals surface area contributed by atoms with E-state index in [1.807, 2.05) is 0 Å². The number of primary amides is 1. The predicted molar refractivity (Wildman–Crippen MR) is 101 cm³/mol. The van der Waals surface area contributed by atoms with Gasteiger partial charge in [0, 0.05) is 15.6 Å². The van der Waals surface area contributed by atoms with Crippen LogP contribution >= 0.6 is 22.9 Å². The molecule has 2 atom stereocenters. The van der Waals surface area contributed by atoms with Gasteiger partial charge in [-0.3, -0.25) is 10.1 Å². The third-order valence-corrected chi connectivity index (χ3v) is 6.42. The largest absolute Gasteiger partial charge is 0.365 e. The van der Waals surface area contributed by atoms with Crippen LogP contribution < -0.4 is 16.4 Å². The van der Waals surface area contributed by atoms with Crippen LogP contribution in [-0.4, -0.2) is 11.9 Å². The molecule has 130 valence electrons. The molecule has 0 saturated heterocycles. The fourth-order valence-corrected chi connectivity index (χ4v) is 5.52. The van der Waals surface area contributed by atoms with Crippen molar-refractivity contribution in [2.75, 3.05) is 10.6 Å². The number of hydrogen-bond donors (Lipinski definition) is 3. The molecule has 2 aromatic rings. The number of rotatable bonds is 3. The predicted octanol–water partition coefficient (Wildman–Crippen LogP) is 4.58. The van der Waals surface area contributed by atoms with Crippen molar-refractivity contribution in [1.29, 1.82) is 0 Å². The Morgan fingerprint density at radius 1 is 1.16 bits per heavy atom. The highest BCUT2D eigenvalue weighted by atomic mass is 35.5. The standard InChI is InChI=1S/C18H18ClN3O2S/c19-11-3-5-12(6-4-11)21-18(24)22-17-15(16(20)23)14-10-2-1-9(7-10)8-13(14)25-17/h3-6,9-10H,1-2,7-8H2,(H2,20,23)(H2,21,22,24)/t9-,10?/m0/s1. The topological polar surface area (TPSA) is 84.2 Å². The van der Waals surface area contributed by atoms with Gasteiger partial charge in [-0.15, -0.1) is 11.3 Å². The van der Waals surface area contributed by atoms with Crippen molar-refractivity contribution < 1.29 is 9.59 Å². The molecule has 1 fully saturated rings. The lowest BCUT2D eigenvalue weighted by Gasteiger charge is -2.19. The summed E-state index contributed by atoms with van der Waals surface area (Å²) in [7, 11) is 0. The van der Waals surface area contributed by atoms with Crippen LogP contribution in [0.3, 0.4) is 0 Å². The molecule has 3 amide bonds. The molecule has 1 aromatic heterocycles. The molecule has 1 heterocycles. The van der Waals surface area contributed by atoms with E-state index < -0.39 is 11.9 Å². The molecule has 1 saturated carbocycles. The summed E-state index contributed by atoms with van der Waals surface area (Å²) in [4.78, 5) is 25.6. The Hall–Kier alpha value is -2.05. The first-order valence-electron chi connectivity index (χ1n) is 8.30. The van der Waals surface area contributed by atoms with Gasteiger partial charge in [-0.05, 0) is 67.3 Å². The molecule has 2 aliphatic rings. The maximum Gasteiger partial charge on any atom is 0.324 e. The first-order valence-corrected chi connectivity index (χ1v) is 9.49. The van der Waals surface area contributed by atoms with Gasteiger partial charge >= 0.3 is 6.03 Å². The SMILES string of the molecule is NC(=O)c1c(NC(=O)Nc2ccc(Cl)cc2)sc2c1C1CC[C@H](C2)C1. The first kappa shape index (κ1) is 16.4. The highest BCUT2D eigenvalue weighted by Gasteiger charge is 2.38. The van der Waals surface area contributed by atoms with Crippen molar-refractivity contribution >= 4 is 45.6 Å². The van der Waals surface area contributed by atoms with Gasteiger partial charge in [-0.1, -0.05) is 11.6 Å². The van der Waals surface area contributed by atoms with Crippen molar-refractivity contribution in [2.45, 2.75) is 31.6 Å². The second-order valence-electron chi connectivity index (χ2n) is 6.67. The number of nitrogens with one attached hydrogen (secondary N) is 2. The average Bonchev–Trinajstić information content (AvgIpc) is 3.11. The third kappa shape index (κ3) is 3.12. The molecule has 2 aliphatic carbocycles. The number of nitrogens with two attached hydrogens (primary N) is 1. The van der Waals surface area contributed by atoms with Crippen LogP contribution in [-0.2, 0) is 6.42 Å². The minimum absolute atomic E-state index is 0.395. The summed E-state index contributed by atoms with van der Waals surface area (Å²) < 4.78 is 0. The van der Waals surface area contributed by atoms with Crippen molar-refractivity contribution in [1.82, 2.24) is 0 Å². The fourth-order valence-electron chi connectivity index (χ4n) is 3.99. The zero-order valence-electron chi connectivity index (χ0n) is 13.5. The van der Waals surface area contributed by atoms with Crippen molar-refractivity contribution in [3.05, 3.63) is 45.3 Å². The number of halogens is 1. The van der Waals surface area contributed by atoms with Crippen molar-refractivity contribution in [2.24, 2.45) is 11.7 Å². The lowest BCUT2D eigenvalue weighted by molar-refractivity contribution is 0.1000. The summed E-state index contributed by atoms with van der Waals surface area (Å²) in [6.45, 7) is 0. The number of hydrogen-bond acceptors (Lipinski definition) is 3. The molecule has 1 aromatic carbocycles. The molecule has 1 unspecified atom stereocenters. The number of urea groups is 1. The Morgan fingerprint density at radius 2 is 1.92 bits per heavy atom. The Kier molecular flexibility index (Phi) is 4.17. The number of thiophene rings is 1. The lowest BCUT2D eigenvalue weighted by Crippen LogP contribution is -2.22. The van der Waals surface area contributed by atoms with Gasteiger partial charge in [-0.2, -0.15) is 0 Å². The average molecular weight is 376 g/mol. The number of anilines is 2. The Balaban J connectivity index is 1.58. The molecular formula is C18H18ClN3O2S. The quantitative estimate of drug-likeness (QED) is 0.733. The first-order chi connectivity index (χ1) is 12.0. The van der Waals surface area contributed by atoms with Gasteiger partial charge in [0.2, 0.25) is 0 Å². The summed E-state index contributed by atoms with van der Waals surface area (Å²) in [5, 5.41) is 6.70. The summed E-state index contributed by atoms with van der Waals surface area (Å²) in [6.07, 6.45) is 4.42. The highest BCUT2D eigenvalue weighted by molar-refractivity contribution is 7.17. The van der Waals surface area contributed by atoms with Crippen LogP contribution in [0, 0.1) is 5.92 Å². The van der Waals surface area contributed by atoms with Gasteiger partial charge in [0.25, 0.3) is 5.91 Å². The van der Waals surface area contributed by atoms with E-state index >= 15 is 0 Å². The summed E-state index contributed by atoms with van der Waals surface area (Å²) >= 11 is 7.33. The molecule has 25 heavy (non-hydrogen) atoms. The Bertz CT molecular complexity index is 847. The van der Waals surface area contributed by atoms with Crippen LogP contribution in [0.25, 0.3) is 0 Å². The van der Waals surface area contributed by atoms with Crippen LogP contribution in [0.1, 0.15) is 46.0 Å². The number of fused-ring (bicyclic) bond motifs is 4. The zero-order chi connectivity index (χ0) is 17.6. The van der Waals surface area contributed by atoms with Crippen molar-refractivity contribution in [3.8, 4) is 0 Å². The van der Waals surface area contributed by atoms with Gasteiger partial charge in [0.1, 0.15) is 5.00 Å². The van der Waals surface area contributed by atoms with E-state index in [4.69, 9.17) is 17.3 Å². The lowest BCUT2D eigenvalue weighted by atomic mass is 9.85. The molecule has 0 aliphatic heterocycles. The normalized spacial score (nSPS) is 20.8. The summed E-state index contributed by atoms with van der Waals surface area (Å²) in [5.41, 5.74) is 7.84. The number of amides is 3. The Labute approximate surface area is 154 Å². The number of benzene rings is 1. The molecule has 7 heteroatoms. The number of carbonyl (C=O) groups is 2. The smallest absolute Gasteiger partial charge is 0.324 e. The van der Waals surface area contributed by atoms with Gasteiger partial charge in [0.15, 0.2) is 0 Å². The fraction of sp³-hybridized carbons (Fsp3) is 0.333. The van der Waals surface area contributed by atoms with E-state index in [0.29, 0.717) is 33.1 Å². The van der Waals surface area contributed by atoms with E-state index in [9.17, 15) is 9.59 Å². The molecular weight excluding hydrogens is 358 g/mol. The van der Waals surface area contributed by atoms with E-state index in [1.165, 1.54) is 22.6 Å². The van der Waals surface area contributed by atoms with Crippen LogP contribution in [0.5, 0.6) is 0 Å². The van der Waals surface area contributed by atoms with E-state index in [1.54, 1.807) is 24.3 Å². The van der Waals surface area contributed by atoms with Gasteiger partial charge < -0.3 is 11.1 Å². The van der Waals surface area contributed by atoms with E-state index in [2.05, 4.69) is 10.6 Å². The Morgan fingerprint density at radius 3 is 2.64 bits per heavy atom. The molecule has 0 radical (unpaired) electrons. The third-order valence-electron chi connectivity index (χ3n) is 5.02. The second-order valence-corrected chi connectivity index (χ2v) is 8.22. The summed E-state index contributed by atoms with van der Waals surface area (Å²) in [6, 6.07) is 6.44. The van der Waals surface area contributed by atoms with Gasteiger partial charge in [0.05, 0.1) is 5.56 Å². The monoisotopic (exact) mass is 375 g/mol.